The number of nitrogens with zero attached hydrogens (tertiary/aromatic N) is 3. The van der Waals surface area contributed by atoms with E-state index in [1.165, 1.54) is 7.11 Å². The summed E-state index contributed by atoms with van der Waals surface area (Å²) in [5.74, 6) is -0.438. The molecule has 1 aromatic heterocycles. The summed E-state index contributed by atoms with van der Waals surface area (Å²) < 4.78 is 4.73. The van der Waals surface area contributed by atoms with Crippen molar-refractivity contribution in [3.8, 4) is 6.01 Å². The van der Waals surface area contributed by atoms with E-state index < -0.39 is 5.91 Å². The molecule has 1 heterocycles. The zero-order valence-corrected chi connectivity index (χ0v) is 7.52. The predicted octanol–water partition coefficient (Wildman–Crippen LogP) is -1.64. The molecule has 0 spiro atoms. The summed E-state index contributed by atoms with van der Waals surface area (Å²) in [6, 6.07) is 0.0322. The van der Waals surface area contributed by atoms with Crippen LogP contribution in [0.25, 0.3) is 0 Å². The fourth-order valence-corrected chi connectivity index (χ4v) is 0.695. The summed E-state index contributed by atoms with van der Waals surface area (Å²) in [5, 5.41) is 2.32. The number of rotatable bonds is 3. The van der Waals surface area contributed by atoms with Crippen LogP contribution in [0.15, 0.2) is 0 Å². The van der Waals surface area contributed by atoms with Crippen LogP contribution < -0.4 is 21.5 Å². The van der Waals surface area contributed by atoms with Crippen LogP contribution in [0.2, 0.25) is 0 Å². The van der Waals surface area contributed by atoms with Crippen molar-refractivity contribution in [1.82, 2.24) is 15.0 Å². The van der Waals surface area contributed by atoms with E-state index in [0.29, 0.717) is 0 Å². The molecule has 8 nitrogen and oxygen atoms in total. The zero-order valence-electron chi connectivity index (χ0n) is 7.52. The number of hydrogen-bond acceptors (Lipinski definition) is 7. The number of nitrogens with two attached hydrogens (primary N) is 2. The average molecular weight is 198 g/mol. The van der Waals surface area contributed by atoms with E-state index in [0.717, 1.165) is 0 Å². The quantitative estimate of drug-likeness (QED) is 0.531. The van der Waals surface area contributed by atoms with Crippen LogP contribution in [0.5, 0.6) is 6.01 Å². The van der Waals surface area contributed by atoms with Gasteiger partial charge in [-0.05, 0) is 0 Å². The molecule has 0 fully saturated rings. The second kappa shape index (κ2) is 4.33. The lowest BCUT2D eigenvalue weighted by molar-refractivity contribution is -0.114. The molecule has 0 aliphatic carbocycles. The van der Waals surface area contributed by atoms with Gasteiger partial charge in [-0.25, -0.2) is 0 Å². The highest BCUT2D eigenvalue weighted by molar-refractivity contribution is 5.90. The number of anilines is 2. The topological polar surface area (TPSA) is 129 Å². The molecule has 0 aliphatic rings. The van der Waals surface area contributed by atoms with Gasteiger partial charge in [0.1, 0.15) is 0 Å². The van der Waals surface area contributed by atoms with Gasteiger partial charge >= 0.3 is 6.01 Å². The van der Waals surface area contributed by atoms with E-state index in [2.05, 4.69) is 20.3 Å². The van der Waals surface area contributed by atoms with E-state index in [4.69, 9.17) is 16.2 Å². The molecule has 0 unspecified atom stereocenters. The van der Waals surface area contributed by atoms with Crippen molar-refractivity contribution in [3.05, 3.63) is 0 Å². The first-order valence-electron chi connectivity index (χ1n) is 3.71. The van der Waals surface area contributed by atoms with Gasteiger partial charge in [0.05, 0.1) is 13.7 Å². The van der Waals surface area contributed by atoms with Gasteiger partial charge in [0.25, 0.3) is 0 Å². The minimum Gasteiger partial charge on any atom is -0.467 e. The van der Waals surface area contributed by atoms with Crippen LogP contribution in [0.4, 0.5) is 11.9 Å². The molecule has 0 radical (unpaired) electrons. The van der Waals surface area contributed by atoms with Crippen LogP contribution in [-0.2, 0) is 4.79 Å². The van der Waals surface area contributed by atoms with Crippen molar-refractivity contribution in [2.24, 2.45) is 5.73 Å². The Kier molecular flexibility index (Phi) is 3.13. The number of nitrogens with one attached hydrogen (secondary N) is 1. The van der Waals surface area contributed by atoms with Crippen molar-refractivity contribution < 1.29 is 9.53 Å². The molecule has 8 heteroatoms. The first-order chi connectivity index (χ1) is 6.65. The van der Waals surface area contributed by atoms with Gasteiger partial charge in [-0.2, -0.15) is 15.0 Å². The predicted molar refractivity (Wildman–Crippen MR) is 48.5 cm³/mol. The van der Waals surface area contributed by atoms with E-state index in [-0.39, 0.29) is 24.5 Å². The Bertz CT molecular complexity index is 341. The number of ether oxygens (including phenoxy) is 1. The number of methoxy groups -OCH3 is 1. The Morgan fingerprint density at radius 2 is 2.21 bits per heavy atom. The van der Waals surface area contributed by atoms with E-state index >= 15 is 0 Å². The molecule has 0 saturated heterocycles. The van der Waals surface area contributed by atoms with E-state index in [9.17, 15) is 4.79 Å². The minimum absolute atomic E-state index is 0.0183. The third-order valence-electron chi connectivity index (χ3n) is 1.25. The van der Waals surface area contributed by atoms with Gasteiger partial charge in [0, 0.05) is 0 Å². The highest BCUT2D eigenvalue weighted by Gasteiger charge is 2.06. The molecule has 0 aliphatic heterocycles. The molecular weight excluding hydrogens is 188 g/mol. The van der Waals surface area contributed by atoms with E-state index in [1.807, 2.05) is 0 Å². The first kappa shape index (κ1) is 10.1. The minimum atomic E-state index is -0.419. The fraction of sp³-hybridized carbons (Fsp3) is 0.333. The van der Waals surface area contributed by atoms with Crippen molar-refractivity contribution in [3.63, 3.8) is 0 Å². The molecule has 0 aromatic carbocycles. The number of nitrogen functional groups attached to an aromatic ring is 1. The second-order valence-electron chi connectivity index (χ2n) is 2.26. The molecule has 1 amide bonds. The summed E-state index contributed by atoms with van der Waals surface area (Å²) in [6.07, 6.45) is 0. The van der Waals surface area contributed by atoms with Gasteiger partial charge in [0.15, 0.2) is 0 Å². The Morgan fingerprint density at radius 1 is 1.50 bits per heavy atom. The first-order valence-corrected chi connectivity index (χ1v) is 3.71. The SMILES string of the molecule is COc1nc(N)nc(NC(=O)CN)n1. The number of carbonyl (C=O) groups is 1. The molecular formula is C6H10N6O2. The van der Waals surface area contributed by atoms with Crippen LogP contribution in [0.3, 0.4) is 0 Å². The third kappa shape index (κ3) is 2.52. The summed E-state index contributed by atoms with van der Waals surface area (Å²) >= 11 is 0. The Hall–Kier alpha value is -1.96. The summed E-state index contributed by atoms with van der Waals surface area (Å²) in [7, 11) is 1.38. The summed E-state index contributed by atoms with van der Waals surface area (Å²) in [6.45, 7) is -0.159. The van der Waals surface area contributed by atoms with Crippen LogP contribution in [0.1, 0.15) is 0 Å². The summed E-state index contributed by atoms with van der Waals surface area (Å²) in [5.41, 5.74) is 10.4. The average Bonchev–Trinajstić information content (AvgIpc) is 2.16. The number of hydrogen-bond donors (Lipinski definition) is 3. The largest absolute Gasteiger partial charge is 0.467 e. The Balaban J connectivity index is 2.86. The highest BCUT2D eigenvalue weighted by Crippen LogP contribution is 2.07. The van der Waals surface area contributed by atoms with Crippen molar-refractivity contribution >= 4 is 17.8 Å². The lowest BCUT2D eigenvalue weighted by atomic mass is 10.6. The number of amides is 1. The van der Waals surface area contributed by atoms with Crippen molar-refractivity contribution in [2.45, 2.75) is 0 Å². The van der Waals surface area contributed by atoms with Crippen molar-refractivity contribution in [2.75, 3.05) is 24.7 Å². The van der Waals surface area contributed by atoms with E-state index in [1.54, 1.807) is 0 Å². The van der Waals surface area contributed by atoms with Crippen molar-refractivity contribution in [1.29, 1.82) is 0 Å². The van der Waals surface area contributed by atoms with Crippen LogP contribution in [0, 0.1) is 0 Å². The lowest BCUT2D eigenvalue weighted by Crippen LogP contribution is -2.23. The monoisotopic (exact) mass is 198 g/mol. The molecule has 1 aromatic rings. The summed E-state index contributed by atoms with van der Waals surface area (Å²) in [4.78, 5) is 21.9. The Labute approximate surface area is 79.7 Å². The van der Waals surface area contributed by atoms with Gasteiger partial charge in [0.2, 0.25) is 17.8 Å². The second-order valence-corrected chi connectivity index (χ2v) is 2.26. The van der Waals surface area contributed by atoms with Crippen LogP contribution in [-0.4, -0.2) is 34.5 Å². The molecule has 76 valence electrons. The Morgan fingerprint density at radius 3 is 2.79 bits per heavy atom. The fourth-order valence-electron chi connectivity index (χ4n) is 0.695. The maximum Gasteiger partial charge on any atom is 0.322 e. The smallest absolute Gasteiger partial charge is 0.322 e. The lowest BCUT2D eigenvalue weighted by Gasteiger charge is -2.03. The van der Waals surface area contributed by atoms with Gasteiger partial charge in [-0.1, -0.05) is 0 Å². The number of aromatic nitrogens is 3. The molecule has 0 atom stereocenters. The normalized spacial score (nSPS) is 9.57. The van der Waals surface area contributed by atoms with Gasteiger partial charge < -0.3 is 16.2 Å². The molecule has 0 bridgehead atoms. The van der Waals surface area contributed by atoms with Crippen LogP contribution >= 0.6 is 0 Å². The zero-order chi connectivity index (χ0) is 10.6. The molecule has 5 N–H and O–H groups in total. The van der Waals surface area contributed by atoms with Gasteiger partial charge in [-0.3, -0.25) is 10.1 Å². The highest BCUT2D eigenvalue weighted by atomic mass is 16.5. The third-order valence-corrected chi connectivity index (χ3v) is 1.25. The maximum absolute atomic E-state index is 10.9. The molecule has 1 rings (SSSR count). The standard InChI is InChI=1S/C6H10N6O2/c1-14-6-11-4(8)10-5(12-6)9-3(13)2-7/h2,7H2,1H3,(H3,8,9,10,11,12,13). The molecule has 14 heavy (non-hydrogen) atoms. The number of carbonyl (C=O) groups excluding carboxylic acids is 1. The molecule has 0 saturated carbocycles. The van der Waals surface area contributed by atoms with Gasteiger partial charge in [-0.15, -0.1) is 0 Å². The maximum atomic E-state index is 10.9.